The summed E-state index contributed by atoms with van der Waals surface area (Å²) in [5.41, 5.74) is 1.87. The maximum atomic E-state index is 13.1. The van der Waals surface area contributed by atoms with E-state index in [1.165, 1.54) is 4.90 Å². The summed E-state index contributed by atoms with van der Waals surface area (Å²) in [7, 11) is 0. The number of amides is 2. The van der Waals surface area contributed by atoms with Gasteiger partial charge in [-0.15, -0.1) is 0 Å². The second-order valence-electron chi connectivity index (χ2n) is 7.87. The fourth-order valence-corrected chi connectivity index (χ4v) is 3.74. The van der Waals surface area contributed by atoms with Crippen molar-refractivity contribution in [3.05, 3.63) is 93.5 Å². The van der Waals surface area contributed by atoms with Crippen LogP contribution in [-0.2, 0) is 9.59 Å². The summed E-state index contributed by atoms with van der Waals surface area (Å²) in [6.07, 6.45) is 0. The molecule has 0 aromatic heterocycles. The van der Waals surface area contributed by atoms with E-state index >= 15 is 0 Å². The van der Waals surface area contributed by atoms with Gasteiger partial charge in [-0.3, -0.25) is 34.4 Å². The average Bonchev–Trinajstić information content (AvgIpc) is 3.08. The number of aromatic hydroxyl groups is 1. The number of carbonyl (C=O) groups excluding carboxylic acids is 3. The molecule has 2 N–H and O–H groups in total. The minimum atomic E-state index is -0.695. The zero-order valence-electron chi connectivity index (χ0n) is 18.6. The lowest BCUT2D eigenvalue weighted by atomic mass is 10.1. The highest BCUT2D eigenvalue weighted by atomic mass is 16.6. The average molecular weight is 472 g/mol. The van der Waals surface area contributed by atoms with E-state index in [1.807, 2.05) is 19.1 Å². The lowest BCUT2D eigenvalue weighted by Gasteiger charge is -2.16. The van der Waals surface area contributed by atoms with E-state index in [4.69, 9.17) is 0 Å². The summed E-state index contributed by atoms with van der Waals surface area (Å²) in [6, 6.07) is 17.1. The molecule has 1 heterocycles. The molecule has 0 spiro atoms. The van der Waals surface area contributed by atoms with Crippen molar-refractivity contribution >= 4 is 40.4 Å². The number of phenols is 1. The van der Waals surface area contributed by atoms with Gasteiger partial charge in [0.2, 0.25) is 5.91 Å². The van der Waals surface area contributed by atoms with Gasteiger partial charge in [0.25, 0.3) is 11.6 Å². The fraction of sp³-hybridized carbons (Fsp3) is 0.120. The third-order valence-corrected chi connectivity index (χ3v) is 5.37. The number of para-hydroxylation sites is 1. The number of rotatable bonds is 7. The molecule has 1 aliphatic heterocycles. The molecule has 176 valence electrons. The number of nitro benzene ring substituents is 1. The highest BCUT2D eigenvalue weighted by Crippen LogP contribution is 2.29. The van der Waals surface area contributed by atoms with Crippen molar-refractivity contribution in [3.8, 4) is 5.75 Å². The molecule has 2 amide bonds. The Labute approximate surface area is 199 Å². The molecule has 3 aromatic rings. The largest absolute Gasteiger partial charge is 0.507 e. The van der Waals surface area contributed by atoms with Crippen LogP contribution < -0.4 is 10.2 Å². The van der Waals surface area contributed by atoms with Crippen LogP contribution in [0.4, 0.5) is 17.1 Å². The predicted molar refractivity (Wildman–Crippen MR) is 129 cm³/mol. The Kier molecular flexibility index (Phi) is 6.36. The van der Waals surface area contributed by atoms with Crippen molar-refractivity contribution < 1.29 is 24.4 Å². The molecule has 3 aromatic carbocycles. The van der Waals surface area contributed by atoms with Gasteiger partial charge >= 0.3 is 0 Å². The van der Waals surface area contributed by atoms with E-state index in [2.05, 4.69) is 10.3 Å². The lowest BCUT2D eigenvalue weighted by Crippen LogP contribution is -2.37. The molecule has 0 unspecified atom stereocenters. The lowest BCUT2D eigenvalue weighted by molar-refractivity contribution is -0.384. The van der Waals surface area contributed by atoms with Gasteiger partial charge in [0.15, 0.2) is 5.78 Å². The first-order chi connectivity index (χ1) is 16.7. The maximum Gasteiger partial charge on any atom is 0.277 e. The van der Waals surface area contributed by atoms with Crippen molar-refractivity contribution in [2.24, 2.45) is 4.99 Å². The first-order valence-corrected chi connectivity index (χ1v) is 10.6. The number of carbonyl (C=O) groups is 3. The molecule has 4 rings (SSSR count). The van der Waals surface area contributed by atoms with Crippen molar-refractivity contribution in [3.63, 3.8) is 0 Å². The Morgan fingerprint density at radius 2 is 1.86 bits per heavy atom. The molecule has 0 bridgehead atoms. The van der Waals surface area contributed by atoms with Gasteiger partial charge in [-0.1, -0.05) is 30.3 Å². The molecule has 0 radical (unpaired) electrons. The zero-order chi connectivity index (χ0) is 25.1. The Morgan fingerprint density at radius 1 is 1.09 bits per heavy atom. The van der Waals surface area contributed by atoms with Gasteiger partial charge in [-0.05, 0) is 36.8 Å². The molecule has 10 heteroatoms. The zero-order valence-corrected chi connectivity index (χ0v) is 18.6. The molecular weight excluding hydrogens is 452 g/mol. The molecule has 0 atom stereocenters. The van der Waals surface area contributed by atoms with Crippen LogP contribution in [-0.4, -0.2) is 46.4 Å². The number of nitro groups is 1. The highest BCUT2D eigenvalue weighted by molar-refractivity contribution is 6.54. The van der Waals surface area contributed by atoms with E-state index in [9.17, 15) is 29.6 Å². The van der Waals surface area contributed by atoms with Crippen LogP contribution in [0.15, 0.2) is 71.7 Å². The number of ketones is 1. The summed E-state index contributed by atoms with van der Waals surface area (Å²) >= 11 is 0. The van der Waals surface area contributed by atoms with Crippen molar-refractivity contribution in [2.45, 2.75) is 6.92 Å². The van der Waals surface area contributed by atoms with Crippen LogP contribution in [0.3, 0.4) is 0 Å². The molecule has 0 fully saturated rings. The number of Topliss-reactive ketones (excluding diaryl/α,β-unsaturated/α-hetero) is 1. The molecular formula is C25H20N4O6. The van der Waals surface area contributed by atoms with Crippen molar-refractivity contribution in [1.29, 1.82) is 0 Å². The topological polar surface area (TPSA) is 142 Å². The number of aryl methyl sites for hydroxylation is 1. The monoisotopic (exact) mass is 472 g/mol. The van der Waals surface area contributed by atoms with E-state index in [0.29, 0.717) is 16.9 Å². The van der Waals surface area contributed by atoms with Gasteiger partial charge in [-0.25, -0.2) is 0 Å². The molecule has 35 heavy (non-hydrogen) atoms. The van der Waals surface area contributed by atoms with E-state index < -0.39 is 34.8 Å². The Hall–Kier alpha value is -4.86. The van der Waals surface area contributed by atoms with Crippen LogP contribution in [0.25, 0.3) is 0 Å². The van der Waals surface area contributed by atoms with Crippen LogP contribution in [0.5, 0.6) is 5.75 Å². The van der Waals surface area contributed by atoms with Crippen LogP contribution in [0, 0.1) is 17.0 Å². The smallest absolute Gasteiger partial charge is 0.277 e. The number of anilines is 2. The van der Waals surface area contributed by atoms with Crippen LogP contribution in [0.1, 0.15) is 21.5 Å². The minimum absolute atomic E-state index is 0.0118. The standard InChI is InChI=1S/C25H20N4O6/c1-15-5-4-6-16(11-15)27-23(32)14-28-20-8-3-2-7-18(20)24(25(28)33)26-13-22(31)19-12-17(29(34)35)9-10-21(19)30/h2-12,30H,13-14H2,1H3,(H,27,32). The third kappa shape index (κ3) is 4.91. The number of nitrogens with one attached hydrogen (secondary N) is 1. The first kappa shape index (κ1) is 23.3. The van der Waals surface area contributed by atoms with Crippen molar-refractivity contribution in [1.82, 2.24) is 0 Å². The number of nitrogens with zero attached hydrogens (tertiary/aromatic N) is 3. The predicted octanol–water partition coefficient (Wildman–Crippen LogP) is 3.27. The van der Waals surface area contributed by atoms with E-state index in [0.717, 1.165) is 23.8 Å². The Balaban J connectivity index is 1.55. The van der Waals surface area contributed by atoms with E-state index in [1.54, 1.807) is 36.4 Å². The number of benzene rings is 3. The maximum absolute atomic E-state index is 13.1. The highest BCUT2D eigenvalue weighted by Gasteiger charge is 2.35. The molecule has 0 saturated carbocycles. The van der Waals surface area contributed by atoms with Gasteiger partial charge in [0, 0.05) is 23.4 Å². The van der Waals surface area contributed by atoms with E-state index in [-0.39, 0.29) is 23.5 Å². The SMILES string of the molecule is Cc1cccc(NC(=O)CN2C(=O)C(=NCC(=O)c3cc([N+](=O)[O-])ccc3O)c3ccccc32)c1. The van der Waals surface area contributed by atoms with Gasteiger partial charge in [0.1, 0.15) is 24.6 Å². The summed E-state index contributed by atoms with van der Waals surface area (Å²) < 4.78 is 0. The number of hydrogen-bond donors (Lipinski definition) is 2. The summed E-state index contributed by atoms with van der Waals surface area (Å²) in [6.45, 7) is 1.11. The molecule has 0 saturated heterocycles. The molecule has 0 aliphatic carbocycles. The molecule has 1 aliphatic rings. The summed E-state index contributed by atoms with van der Waals surface area (Å²) in [5, 5.41) is 23.7. The van der Waals surface area contributed by atoms with Gasteiger partial charge in [-0.2, -0.15) is 0 Å². The fourth-order valence-electron chi connectivity index (χ4n) is 3.74. The third-order valence-electron chi connectivity index (χ3n) is 5.37. The molecule has 10 nitrogen and oxygen atoms in total. The number of fused-ring (bicyclic) bond motifs is 1. The quantitative estimate of drug-likeness (QED) is 0.307. The summed E-state index contributed by atoms with van der Waals surface area (Å²) in [4.78, 5) is 54.1. The minimum Gasteiger partial charge on any atom is -0.507 e. The number of hydrogen-bond acceptors (Lipinski definition) is 7. The number of phenolic OH excluding ortho intramolecular Hbond substituents is 1. The first-order valence-electron chi connectivity index (χ1n) is 10.6. The number of non-ortho nitro benzene ring substituents is 1. The Morgan fingerprint density at radius 3 is 2.60 bits per heavy atom. The Bertz CT molecular complexity index is 1400. The second kappa shape index (κ2) is 9.56. The van der Waals surface area contributed by atoms with Crippen molar-refractivity contribution in [2.75, 3.05) is 23.3 Å². The normalized spacial score (nSPS) is 13.6. The van der Waals surface area contributed by atoms with Crippen LogP contribution >= 0.6 is 0 Å². The second-order valence-corrected chi connectivity index (χ2v) is 7.87. The summed E-state index contributed by atoms with van der Waals surface area (Å²) in [5.74, 6) is -2.08. The van der Waals surface area contributed by atoms with Crippen LogP contribution in [0.2, 0.25) is 0 Å². The number of aliphatic imine (C=N–C) groups is 1. The van der Waals surface area contributed by atoms with Gasteiger partial charge < -0.3 is 10.4 Å². The van der Waals surface area contributed by atoms with Gasteiger partial charge in [0.05, 0.1) is 16.2 Å².